The van der Waals surface area contributed by atoms with Gasteiger partial charge in [-0.3, -0.25) is 0 Å². The largest absolute Gasteiger partial charge is 0.462 e. The lowest BCUT2D eigenvalue weighted by atomic mass is 10.1. The third-order valence-corrected chi connectivity index (χ3v) is 3.73. The summed E-state index contributed by atoms with van der Waals surface area (Å²) in [6.45, 7) is 6.50. The molecule has 2 aromatic rings. The molecule has 0 unspecified atom stereocenters. The molecule has 0 aliphatic carbocycles. The number of nitrogens with zero attached hydrogens (tertiary/aromatic N) is 2. The summed E-state index contributed by atoms with van der Waals surface area (Å²) in [6.07, 6.45) is 1.53. The molecule has 0 radical (unpaired) electrons. The Balaban J connectivity index is 2.77. The second kappa shape index (κ2) is 7.26. The Morgan fingerprint density at radius 2 is 1.89 bits per heavy atom. The molecule has 9 heteroatoms. The smallest absolute Gasteiger partial charge is 0.349 e. The third-order valence-electron chi connectivity index (χ3n) is 3.73. The molecule has 4 N–H and O–H groups in total. The van der Waals surface area contributed by atoms with E-state index in [1.165, 1.54) is 12.3 Å². The standard InChI is InChI=1S/C18H24N4O5/c1-6-26-17(25)11-7-10-14(20)12(19)8-21(5)15(10)22(16(11)24)9-13(23)27-18(2,3)4/h7-8,20H,6,9,19H2,1-5H3/p+1. The Morgan fingerprint density at radius 3 is 2.44 bits per heavy atom. The average molecular weight is 377 g/mol. The van der Waals surface area contributed by atoms with Gasteiger partial charge >= 0.3 is 17.5 Å². The highest BCUT2D eigenvalue weighted by Crippen LogP contribution is 2.23. The lowest BCUT2D eigenvalue weighted by Gasteiger charge is -2.19. The minimum Gasteiger partial charge on any atom is -0.462 e. The van der Waals surface area contributed by atoms with Crippen LogP contribution in [-0.2, 0) is 27.9 Å². The number of aryl methyl sites for hydroxylation is 1. The van der Waals surface area contributed by atoms with Gasteiger partial charge in [0.25, 0.3) is 5.65 Å². The van der Waals surface area contributed by atoms with E-state index in [0.29, 0.717) is 11.0 Å². The van der Waals surface area contributed by atoms with E-state index < -0.39 is 29.6 Å². The van der Waals surface area contributed by atoms with Crippen LogP contribution in [0.2, 0.25) is 0 Å². The molecule has 0 aliphatic rings. The van der Waals surface area contributed by atoms with E-state index in [-0.39, 0.29) is 23.5 Å². The zero-order valence-corrected chi connectivity index (χ0v) is 16.2. The Bertz CT molecular complexity index is 973. The highest BCUT2D eigenvalue weighted by molar-refractivity contribution is 5.98. The highest BCUT2D eigenvalue weighted by atomic mass is 16.6. The summed E-state index contributed by atoms with van der Waals surface area (Å²) in [7, 11) is 1.66. The molecule has 0 aliphatic heterocycles. The van der Waals surface area contributed by atoms with Gasteiger partial charge in [0, 0.05) is 0 Å². The SMILES string of the molecule is CCOC(=O)c1cc2c(N)c(N)c[n+](C)c2n(CC(=O)OC(C)(C)C)c1=O. The number of esters is 2. The molecular formula is C18H25N4O5+. The van der Waals surface area contributed by atoms with Crippen LogP contribution in [0.4, 0.5) is 11.4 Å². The molecule has 27 heavy (non-hydrogen) atoms. The van der Waals surface area contributed by atoms with Crippen molar-refractivity contribution in [3.05, 3.63) is 28.2 Å². The maximum Gasteiger partial charge on any atom is 0.349 e. The van der Waals surface area contributed by atoms with Gasteiger partial charge in [-0.15, -0.1) is 0 Å². The number of hydrogen-bond donors (Lipinski definition) is 2. The minimum absolute atomic E-state index is 0.0998. The zero-order valence-electron chi connectivity index (χ0n) is 16.2. The summed E-state index contributed by atoms with van der Waals surface area (Å²) < 4.78 is 13.0. The van der Waals surface area contributed by atoms with E-state index in [1.54, 1.807) is 39.3 Å². The molecule has 2 aromatic heterocycles. The lowest BCUT2D eigenvalue weighted by Crippen LogP contribution is -2.40. The fraction of sp³-hybridized carbons (Fsp3) is 0.444. The Kier molecular flexibility index (Phi) is 5.43. The fourth-order valence-electron chi connectivity index (χ4n) is 2.74. The first-order chi connectivity index (χ1) is 12.5. The van der Waals surface area contributed by atoms with Gasteiger partial charge in [-0.25, -0.2) is 19.0 Å². The maximum atomic E-state index is 12.9. The number of nitrogen functional groups attached to an aromatic ring is 2. The van der Waals surface area contributed by atoms with Gasteiger partial charge in [-0.05, 0) is 33.8 Å². The highest BCUT2D eigenvalue weighted by Gasteiger charge is 2.28. The number of fused-ring (bicyclic) bond motifs is 1. The monoisotopic (exact) mass is 377 g/mol. The minimum atomic E-state index is -0.799. The number of anilines is 2. The van der Waals surface area contributed by atoms with Crippen molar-refractivity contribution in [2.75, 3.05) is 18.1 Å². The number of pyridine rings is 2. The Morgan fingerprint density at radius 1 is 1.26 bits per heavy atom. The number of aromatic nitrogens is 2. The molecule has 0 spiro atoms. The first kappa shape index (κ1) is 20.2. The van der Waals surface area contributed by atoms with E-state index in [0.717, 1.165) is 4.57 Å². The van der Waals surface area contributed by atoms with Crippen molar-refractivity contribution in [3.8, 4) is 0 Å². The van der Waals surface area contributed by atoms with Crippen molar-refractivity contribution in [1.82, 2.24) is 4.57 Å². The average Bonchev–Trinajstić information content (AvgIpc) is 2.52. The van der Waals surface area contributed by atoms with Crippen LogP contribution in [0.3, 0.4) is 0 Å². The first-order valence-corrected chi connectivity index (χ1v) is 8.46. The normalized spacial score (nSPS) is 11.4. The molecule has 0 bridgehead atoms. The van der Waals surface area contributed by atoms with Gasteiger partial charge in [0.15, 0.2) is 6.54 Å². The first-order valence-electron chi connectivity index (χ1n) is 8.46. The molecule has 0 saturated carbocycles. The summed E-state index contributed by atoms with van der Waals surface area (Å²) in [5, 5.41) is 0.365. The molecule has 146 valence electrons. The summed E-state index contributed by atoms with van der Waals surface area (Å²) in [4.78, 5) is 37.5. The quantitative estimate of drug-likeness (QED) is 0.586. The maximum absolute atomic E-state index is 12.9. The topological polar surface area (TPSA) is 131 Å². The predicted octanol–water partition coefficient (Wildman–Crippen LogP) is 0.509. The van der Waals surface area contributed by atoms with Gasteiger partial charge in [0.1, 0.15) is 17.4 Å². The summed E-state index contributed by atoms with van der Waals surface area (Å²) in [5.41, 5.74) is 11.2. The van der Waals surface area contributed by atoms with Gasteiger partial charge < -0.3 is 20.9 Å². The number of carbonyl (C=O) groups is 2. The fourth-order valence-corrected chi connectivity index (χ4v) is 2.74. The Labute approximate surface area is 156 Å². The van der Waals surface area contributed by atoms with Crippen LogP contribution in [0, 0.1) is 0 Å². The molecule has 9 nitrogen and oxygen atoms in total. The van der Waals surface area contributed by atoms with Crippen molar-refractivity contribution in [3.63, 3.8) is 0 Å². The van der Waals surface area contributed by atoms with Crippen molar-refractivity contribution < 1.29 is 23.6 Å². The van der Waals surface area contributed by atoms with Crippen LogP contribution in [0.25, 0.3) is 11.0 Å². The van der Waals surface area contributed by atoms with Crippen LogP contribution in [-0.4, -0.2) is 28.7 Å². The van der Waals surface area contributed by atoms with Crippen LogP contribution in [0.1, 0.15) is 38.1 Å². The molecule has 0 aromatic carbocycles. The van der Waals surface area contributed by atoms with Crippen LogP contribution < -0.4 is 21.6 Å². The van der Waals surface area contributed by atoms with Gasteiger partial charge in [0.05, 0.1) is 30.4 Å². The molecule has 0 saturated heterocycles. The summed E-state index contributed by atoms with van der Waals surface area (Å²) >= 11 is 0. The molecule has 0 atom stereocenters. The van der Waals surface area contributed by atoms with Crippen LogP contribution >= 0.6 is 0 Å². The number of ether oxygens (including phenoxy) is 2. The van der Waals surface area contributed by atoms with Crippen molar-refractivity contribution in [2.24, 2.45) is 7.05 Å². The second-order valence-corrected chi connectivity index (χ2v) is 7.10. The second-order valence-electron chi connectivity index (χ2n) is 7.10. The third kappa shape index (κ3) is 4.18. The van der Waals surface area contributed by atoms with E-state index >= 15 is 0 Å². The van der Waals surface area contributed by atoms with Crippen molar-refractivity contribution >= 4 is 34.3 Å². The number of carbonyl (C=O) groups excluding carboxylic acids is 2. The van der Waals surface area contributed by atoms with Crippen molar-refractivity contribution in [1.29, 1.82) is 0 Å². The molecular weight excluding hydrogens is 352 g/mol. The van der Waals surface area contributed by atoms with E-state index in [4.69, 9.17) is 20.9 Å². The molecule has 2 heterocycles. The summed E-state index contributed by atoms with van der Waals surface area (Å²) in [5.74, 6) is -1.42. The molecule has 0 amide bonds. The van der Waals surface area contributed by atoms with E-state index in [9.17, 15) is 14.4 Å². The van der Waals surface area contributed by atoms with Crippen LogP contribution in [0.15, 0.2) is 17.1 Å². The Hall–Kier alpha value is -3.10. The zero-order chi connectivity index (χ0) is 20.5. The molecule has 2 rings (SSSR count). The number of rotatable bonds is 4. The summed E-state index contributed by atoms with van der Waals surface area (Å²) in [6, 6.07) is 1.34. The van der Waals surface area contributed by atoms with E-state index in [2.05, 4.69) is 0 Å². The number of nitrogens with two attached hydrogens (primary N) is 2. The van der Waals surface area contributed by atoms with Gasteiger partial charge in [-0.2, -0.15) is 4.57 Å². The van der Waals surface area contributed by atoms with E-state index in [1.807, 2.05) is 0 Å². The van der Waals surface area contributed by atoms with Crippen LogP contribution in [0.5, 0.6) is 0 Å². The van der Waals surface area contributed by atoms with Crippen molar-refractivity contribution in [2.45, 2.75) is 39.8 Å². The van der Waals surface area contributed by atoms with Gasteiger partial charge in [0.2, 0.25) is 0 Å². The lowest BCUT2D eigenvalue weighted by molar-refractivity contribution is -0.647. The predicted molar refractivity (Wildman–Crippen MR) is 100 cm³/mol. The van der Waals surface area contributed by atoms with Gasteiger partial charge in [-0.1, -0.05) is 0 Å². The molecule has 0 fully saturated rings. The number of hydrogen-bond acceptors (Lipinski definition) is 7.